The minimum atomic E-state index is -4.67. The van der Waals surface area contributed by atoms with Gasteiger partial charge in [0.25, 0.3) is 0 Å². The smallest absolute Gasteiger partial charge is 0.166 e. The van der Waals surface area contributed by atoms with Crippen LogP contribution in [0, 0.1) is 0 Å². The predicted molar refractivity (Wildman–Crippen MR) is 105 cm³/mol. The van der Waals surface area contributed by atoms with Gasteiger partial charge in [-0.1, -0.05) is 41.9 Å². The average molecular weight is 698 g/mol. The Balaban J connectivity index is 0.00000385. The van der Waals surface area contributed by atoms with Crippen LogP contribution in [0.5, 0.6) is 0 Å². The maximum Gasteiger partial charge on any atom is 1.00 e. The van der Waals surface area contributed by atoms with Crippen molar-refractivity contribution in [2.24, 2.45) is 0 Å². The summed E-state index contributed by atoms with van der Waals surface area (Å²) >= 11 is 6.09. The van der Waals surface area contributed by atoms with Gasteiger partial charge in [-0.3, -0.25) is 0 Å². The van der Waals surface area contributed by atoms with Crippen molar-refractivity contribution in [3.63, 3.8) is 0 Å². The maximum absolute atomic E-state index is 13.0. The van der Waals surface area contributed by atoms with Crippen LogP contribution in [0.1, 0.15) is 16.7 Å². The van der Waals surface area contributed by atoms with Gasteiger partial charge in [0, 0.05) is 10.3 Å². The molecule has 12 heteroatoms. The largest absolute Gasteiger partial charge is 1.00 e. The van der Waals surface area contributed by atoms with E-state index in [-0.39, 0.29) is 43.3 Å². The molecule has 0 bridgehead atoms. The van der Waals surface area contributed by atoms with Crippen molar-refractivity contribution in [3.8, 4) is 0 Å². The molecule has 0 aliphatic heterocycles. The van der Waals surface area contributed by atoms with Crippen LogP contribution in [-0.4, -0.2) is 0 Å². The molecule has 3 aromatic carbocycles. The van der Waals surface area contributed by atoms with Crippen molar-refractivity contribution in [1.82, 2.24) is 0 Å². The Kier molecular flexibility index (Phi) is 8.41. The Morgan fingerprint density at radius 2 is 0.848 bits per heavy atom. The Hall–Kier alpha value is -1.51. The zero-order chi connectivity index (χ0) is 23.9. The summed E-state index contributed by atoms with van der Waals surface area (Å²) < 4.78 is 116. The molecule has 0 aromatic heterocycles. The molecule has 0 fully saturated rings. The first-order valence-electron chi connectivity index (χ1n) is 8.69. The van der Waals surface area contributed by atoms with Gasteiger partial charge in [-0.15, -0.1) is 0 Å². The predicted octanol–water partition coefficient (Wildman–Crippen LogP) is 7.15. The summed E-state index contributed by atoms with van der Waals surface area (Å²) in [6.45, 7) is 0. The van der Waals surface area contributed by atoms with Gasteiger partial charge in [0.1, 0.15) is 0 Å². The van der Waals surface area contributed by atoms with Crippen LogP contribution < -0.4 is 15.9 Å². The number of hydrogen-bond donors (Lipinski definition) is 0. The Morgan fingerprint density at radius 1 is 0.515 bits per heavy atom. The van der Waals surface area contributed by atoms with E-state index >= 15 is 0 Å². The topological polar surface area (TPSA) is 0 Å². The molecule has 0 spiro atoms. The van der Waals surface area contributed by atoms with Crippen molar-refractivity contribution < 1.29 is 61.9 Å². The van der Waals surface area contributed by atoms with E-state index in [1.165, 1.54) is 0 Å². The summed E-state index contributed by atoms with van der Waals surface area (Å²) in [6.07, 6.45) is -13.9. The molecule has 0 aliphatic rings. The summed E-state index contributed by atoms with van der Waals surface area (Å²) in [6, 6.07) is 10.3. The first kappa shape index (κ1) is 27.7. The maximum atomic E-state index is 13.0. The van der Waals surface area contributed by atoms with Crippen LogP contribution in [-0.2, 0) is 40.9 Å². The van der Waals surface area contributed by atoms with Gasteiger partial charge in [-0.25, -0.2) is 0 Å². The third-order valence-corrected chi connectivity index (χ3v) is 7.37. The normalized spacial score (nSPS) is 12.6. The fourth-order valence-corrected chi connectivity index (χ4v) is 5.58. The monoisotopic (exact) mass is 697 g/mol. The minimum Gasteiger partial charge on any atom is -0.166 e. The van der Waals surface area contributed by atoms with Crippen molar-refractivity contribution in [1.29, 1.82) is 0 Å². The number of benzene rings is 3. The molecule has 0 radical (unpaired) electrons. The zero-order valence-corrected chi connectivity index (χ0v) is 19.7. The molecule has 0 N–H and O–H groups in total. The van der Waals surface area contributed by atoms with E-state index < -0.39 is 43.1 Å². The van der Waals surface area contributed by atoms with Gasteiger partial charge in [-0.05, 0) is 54.9 Å². The second-order valence-electron chi connectivity index (χ2n) is 6.59. The molecule has 3 aromatic rings. The van der Waals surface area contributed by atoms with E-state index in [1.807, 2.05) is 0 Å². The van der Waals surface area contributed by atoms with E-state index in [9.17, 15) is 39.5 Å². The molecule has 0 atom stereocenters. The number of halogens is 10. The van der Waals surface area contributed by atoms with Crippen molar-refractivity contribution in [2.75, 3.05) is 0 Å². The molecule has 0 saturated heterocycles. The first-order chi connectivity index (χ1) is 14.7. The van der Waals surface area contributed by atoms with Crippen LogP contribution in [0.25, 0.3) is 0 Å². The third kappa shape index (κ3) is 6.55. The van der Waals surface area contributed by atoms with Gasteiger partial charge < -0.3 is 0 Å². The Bertz CT molecular complexity index is 1030. The summed E-state index contributed by atoms with van der Waals surface area (Å²) in [7, 11) is -1.85. The standard InChI is InChI=1S/C21H11ClF9P.Au/c22-17-11-14(21(29,30)31)5-10-18(17)32(15-6-1-12(2-7-15)19(23,24)25)16-8-3-13(4-9-16)20(26,27)28;/h1-11H;/q;+1. The van der Waals surface area contributed by atoms with Crippen molar-refractivity contribution in [2.45, 2.75) is 18.5 Å². The summed E-state index contributed by atoms with van der Waals surface area (Å²) in [5.74, 6) is 0. The van der Waals surface area contributed by atoms with Crippen LogP contribution in [0.2, 0.25) is 5.02 Å². The Labute approximate surface area is 204 Å². The van der Waals surface area contributed by atoms with E-state index in [1.54, 1.807) is 0 Å². The van der Waals surface area contributed by atoms with Gasteiger partial charge in [0.05, 0.1) is 16.7 Å². The molecular formula is C21H11AuClF9P+. The van der Waals surface area contributed by atoms with Crippen LogP contribution in [0.4, 0.5) is 39.5 Å². The fraction of sp³-hybridized carbons (Fsp3) is 0.143. The van der Waals surface area contributed by atoms with Gasteiger partial charge in [-0.2, -0.15) is 39.5 Å². The molecule has 3 rings (SSSR count). The second-order valence-corrected chi connectivity index (χ2v) is 9.18. The van der Waals surface area contributed by atoms with E-state index in [0.717, 1.165) is 60.7 Å². The second kappa shape index (κ2) is 10.0. The molecule has 0 nitrogen and oxygen atoms in total. The molecule has 0 amide bonds. The van der Waals surface area contributed by atoms with Crippen molar-refractivity contribution in [3.05, 3.63) is 88.4 Å². The number of rotatable bonds is 3. The van der Waals surface area contributed by atoms with Crippen LogP contribution >= 0.6 is 19.5 Å². The van der Waals surface area contributed by atoms with Gasteiger partial charge >= 0.3 is 40.9 Å². The summed E-state index contributed by atoms with van der Waals surface area (Å²) in [4.78, 5) is 0. The Morgan fingerprint density at radius 3 is 1.15 bits per heavy atom. The SMILES string of the molecule is FC(F)(F)c1ccc(P(c2ccc(C(F)(F)F)cc2)c2ccc(C(F)(F)F)cc2Cl)cc1.[Au+]. The average Bonchev–Trinajstić information content (AvgIpc) is 2.68. The molecular weight excluding hydrogens is 687 g/mol. The quantitative estimate of drug-likeness (QED) is 0.155. The van der Waals surface area contributed by atoms with E-state index in [4.69, 9.17) is 11.6 Å². The number of alkyl halides is 9. The first-order valence-corrected chi connectivity index (χ1v) is 10.4. The fourth-order valence-electron chi connectivity index (χ4n) is 2.89. The van der Waals surface area contributed by atoms with Crippen LogP contribution in [0.3, 0.4) is 0 Å². The molecule has 0 aliphatic carbocycles. The summed E-state index contributed by atoms with van der Waals surface area (Å²) in [5.41, 5.74) is -2.91. The molecule has 0 unspecified atom stereocenters. The van der Waals surface area contributed by atoms with Gasteiger partial charge in [0.2, 0.25) is 0 Å². The zero-order valence-electron chi connectivity index (χ0n) is 15.9. The minimum absolute atomic E-state index is 0. The van der Waals surface area contributed by atoms with Crippen molar-refractivity contribution >= 4 is 35.4 Å². The summed E-state index contributed by atoms with van der Waals surface area (Å²) in [5, 5.41) is 0.406. The van der Waals surface area contributed by atoms with E-state index in [2.05, 4.69) is 0 Å². The van der Waals surface area contributed by atoms with E-state index in [0.29, 0.717) is 6.07 Å². The van der Waals surface area contributed by atoms with Gasteiger partial charge in [0.15, 0.2) is 0 Å². The van der Waals surface area contributed by atoms with Crippen LogP contribution in [0.15, 0.2) is 66.7 Å². The molecule has 0 heterocycles. The molecule has 180 valence electrons. The molecule has 33 heavy (non-hydrogen) atoms. The number of hydrogen-bond acceptors (Lipinski definition) is 0. The molecule has 0 saturated carbocycles. The third-order valence-electron chi connectivity index (χ3n) is 4.42.